The van der Waals surface area contributed by atoms with Crippen molar-refractivity contribution in [3.8, 4) is 5.75 Å². The minimum atomic E-state index is -4.89. The maximum atomic E-state index is 14.3. The zero-order valence-corrected chi connectivity index (χ0v) is 27.4. The number of carbonyl (C=O) groups is 3. The van der Waals surface area contributed by atoms with Crippen LogP contribution in [0.3, 0.4) is 0 Å². The number of rotatable bonds is 6. The van der Waals surface area contributed by atoms with Crippen molar-refractivity contribution in [3.63, 3.8) is 0 Å². The van der Waals surface area contributed by atoms with E-state index < -0.39 is 55.5 Å². The lowest BCUT2D eigenvalue weighted by atomic mass is 9.76. The highest BCUT2D eigenvalue weighted by molar-refractivity contribution is 6.43. The van der Waals surface area contributed by atoms with Crippen LogP contribution in [0.4, 0.5) is 18.0 Å². The quantitative estimate of drug-likeness (QED) is 0.332. The molecule has 5 rings (SSSR count). The summed E-state index contributed by atoms with van der Waals surface area (Å²) in [4.78, 5) is 44.1. The van der Waals surface area contributed by atoms with Crippen molar-refractivity contribution in [1.82, 2.24) is 20.4 Å². The van der Waals surface area contributed by atoms with Crippen LogP contribution in [-0.2, 0) is 34.0 Å². The first-order valence-electron chi connectivity index (χ1n) is 17.0. The van der Waals surface area contributed by atoms with Crippen LogP contribution in [0.1, 0.15) is 80.9 Å². The molecule has 2 fully saturated rings. The summed E-state index contributed by atoms with van der Waals surface area (Å²) in [5.74, 6) is -2.41. The molecule has 2 aromatic rings. The Morgan fingerprint density at radius 3 is 2.18 bits per heavy atom. The van der Waals surface area contributed by atoms with E-state index in [0.717, 1.165) is 43.2 Å². The molecule has 15 heteroatoms. The van der Waals surface area contributed by atoms with Crippen LogP contribution in [0.25, 0.3) is 0 Å². The number of benzene rings is 2. The van der Waals surface area contributed by atoms with Gasteiger partial charge in [0.25, 0.3) is 0 Å². The summed E-state index contributed by atoms with van der Waals surface area (Å²) in [6.07, 6.45) is 0.251. The van der Waals surface area contributed by atoms with Crippen molar-refractivity contribution in [2.75, 3.05) is 6.54 Å². The predicted octanol–water partition coefficient (Wildman–Crippen LogP) is 4.19. The molecule has 0 aliphatic carbocycles. The van der Waals surface area contributed by atoms with Gasteiger partial charge in [-0.05, 0) is 30.0 Å². The number of amides is 3. The number of carbonyl (C=O) groups excluding carboxylic acids is 3. The van der Waals surface area contributed by atoms with E-state index in [4.69, 9.17) is 4.74 Å². The summed E-state index contributed by atoms with van der Waals surface area (Å²) >= 11 is 0. The van der Waals surface area contributed by atoms with Crippen molar-refractivity contribution >= 4 is 25.0 Å². The van der Waals surface area contributed by atoms with Crippen LogP contribution in [0.15, 0.2) is 48.5 Å². The second-order valence-electron chi connectivity index (χ2n) is 13.0. The summed E-state index contributed by atoms with van der Waals surface area (Å²) in [7, 11) is -1.81. The number of para-hydroxylation sites is 1. The molecular weight excluding hydrogens is 644 g/mol. The van der Waals surface area contributed by atoms with Crippen molar-refractivity contribution < 1.29 is 47.1 Å². The average Bonchev–Trinajstić information content (AvgIpc) is 3.69. The molecule has 3 aliphatic rings. The smallest absolute Gasteiger partial charge is 0.444 e. The lowest BCUT2D eigenvalue weighted by Gasteiger charge is -2.30. The van der Waals surface area contributed by atoms with E-state index in [1.807, 2.05) is 24.3 Å². The molecule has 3 heterocycles. The molecule has 2 aromatic carbocycles. The molecule has 3 aliphatic heterocycles. The van der Waals surface area contributed by atoms with Crippen molar-refractivity contribution in [2.24, 2.45) is 0 Å². The standard InChI is InChI=1S/C34H44BF3N4O7/c36-34(37,38)49-29-16-11-10-12-23(29)19-39-27-15-6-4-2-1-3-5-7-17-30(35(46)47)40-31(43)28-18-26(22-42(28)32(27)44)48-33(45)41-20-24-13-8-9-14-25(24)21-41/h8-14,16,26-28,30,39,46-47H,1-7,15,17-22H2,(H,40,43)/t26-,27?,28+,30-/m1/s1. The van der Waals surface area contributed by atoms with Crippen LogP contribution in [0.5, 0.6) is 5.75 Å². The van der Waals surface area contributed by atoms with Gasteiger partial charge in [0.15, 0.2) is 0 Å². The predicted molar refractivity (Wildman–Crippen MR) is 174 cm³/mol. The molecule has 266 valence electrons. The molecule has 4 atom stereocenters. The Kier molecular flexibility index (Phi) is 12.4. The van der Waals surface area contributed by atoms with Crippen molar-refractivity contribution in [2.45, 2.75) is 114 Å². The van der Waals surface area contributed by atoms with E-state index in [1.165, 1.54) is 23.1 Å². The van der Waals surface area contributed by atoms with Crippen molar-refractivity contribution in [3.05, 3.63) is 65.2 Å². The van der Waals surface area contributed by atoms with Crippen LogP contribution in [0.2, 0.25) is 0 Å². The molecule has 2 saturated heterocycles. The Morgan fingerprint density at radius 1 is 0.918 bits per heavy atom. The molecule has 49 heavy (non-hydrogen) atoms. The zero-order chi connectivity index (χ0) is 35.0. The van der Waals surface area contributed by atoms with Crippen LogP contribution in [-0.4, -0.2) is 81.9 Å². The largest absolute Gasteiger partial charge is 0.573 e. The Bertz CT molecular complexity index is 1420. The van der Waals surface area contributed by atoms with E-state index in [0.29, 0.717) is 38.8 Å². The summed E-state index contributed by atoms with van der Waals surface area (Å²) < 4.78 is 49.3. The highest BCUT2D eigenvalue weighted by Crippen LogP contribution is 2.29. The second-order valence-corrected chi connectivity index (χ2v) is 13.0. The van der Waals surface area contributed by atoms with Gasteiger partial charge < -0.3 is 35.1 Å². The van der Waals surface area contributed by atoms with Crippen LogP contribution < -0.4 is 15.4 Å². The van der Waals surface area contributed by atoms with Gasteiger partial charge in [-0.25, -0.2) is 4.79 Å². The highest BCUT2D eigenvalue weighted by Gasteiger charge is 2.45. The number of ether oxygens (including phenoxy) is 2. The lowest BCUT2D eigenvalue weighted by molar-refractivity contribution is -0.274. The topological polar surface area (TPSA) is 141 Å². The summed E-state index contributed by atoms with van der Waals surface area (Å²) in [5.41, 5.74) is 2.22. The third-order valence-corrected chi connectivity index (χ3v) is 9.45. The van der Waals surface area contributed by atoms with Crippen LogP contribution >= 0.6 is 0 Å². The first kappa shape index (κ1) is 36.5. The molecule has 0 spiro atoms. The Balaban J connectivity index is 1.35. The second kappa shape index (κ2) is 16.7. The molecule has 0 aromatic heterocycles. The summed E-state index contributed by atoms with van der Waals surface area (Å²) in [6, 6.07) is 11.4. The number of nitrogens with zero attached hydrogens (tertiary/aromatic N) is 2. The molecule has 11 nitrogen and oxygen atoms in total. The van der Waals surface area contributed by atoms with Gasteiger partial charge in [-0.1, -0.05) is 87.4 Å². The van der Waals surface area contributed by atoms with Gasteiger partial charge >= 0.3 is 19.6 Å². The van der Waals surface area contributed by atoms with Gasteiger partial charge in [-0.15, -0.1) is 13.2 Å². The van der Waals surface area contributed by atoms with Gasteiger partial charge in [-0.2, -0.15) is 0 Å². The minimum Gasteiger partial charge on any atom is -0.444 e. The number of nitrogens with one attached hydrogen (secondary N) is 2. The van der Waals surface area contributed by atoms with Crippen molar-refractivity contribution in [1.29, 1.82) is 0 Å². The lowest BCUT2D eigenvalue weighted by Crippen LogP contribution is -2.56. The van der Waals surface area contributed by atoms with E-state index in [-0.39, 0.29) is 30.8 Å². The van der Waals surface area contributed by atoms with E-state index in [9.17, 15) is 37.6 Å². The highest BCUT2D eigenvalue weighted by atomic mass is 19.4. The van der Waals surface area contributed by atoms with Gasteiger partial charge in [0, 0.05) is 31.6 Å². The van der Waals surface area contributed by atoms with Gasteiger partial charge in [-0.3, -0.25) is 14.5 Å². The first-order chi connectivity index (χ1) is 23.5. The maximum absolute atomic E-state index is 14.3. The molecule has 0 radical (unpaired) electrons. The van der Waals surface area contributed by atoms with Crippen LogP contribution in [0, 0.1) is 0 Å². The third-order valence-electron chi connectivity index (χ3n) is 9.45. The number of halogens is 3. The first-order valence-corrected chi connectivity index (χ1v) is 17.0. The van der Waals surface area contributed by atoms with E-state index in [1.54, 1.807) is 11.0 Å². The number of fused-ring (bicyclic) bond motifs is 2. The average molecular weight is 689 g/mol. The van der Waals surface area contributed by atoms with Gasteiger partial charge in [0.1, 0.15) is 17.9 Å². The Labute approximate surface area is 284 Å². The maximum Gasteiger partial charge on any atom is 0.573 e. The molecular formula is C34H44BF3N4O7. The summed E-state index contributed by atoms with van der Waals surface area (Å²) in [6.45, 7) is 0.549. The number of hydrogen-bond acceptors (Lipinski definition) is 8. The van der Waals surface area contributed by atoms with Gasteiger partial charge in [0.05, 0.1) is 18.5 Å². The number of hydrogen-bond donors (Lipinski definition) is 4. The molecule has 1 unspecified atom stereocenters. The fourth-order valence-corrected chi connectivity index (χ4v) is 6.85. The molecule has 3 amide bonds. The zero-order valence-electron chi connectivity index (χ0n) is 27.4. The minimum absolute atomic E-state index is 0.00663. The third kappa shape index (κ3) is 10.1. The fraction of sp³-hybridized carbons (Fsp3) is 0.559. The molecule has 0 bridgehead atoms. The SMILES string of the molecule is O=C1N[C@@H](B(O)O)CCCCCCCCCC(NCc2ccccc2OC(F)(F)F)C(=O)N2C[C@H](OC(=O)N3Cc4ccccc4C3)C[C@@H]12. The molecule has 4 N–H and O–H groups in total. The number of alkyl halides is 3. The monoisotopic (exact) mass is 688 g/mol. The van der Waals surface area contributed by atoms with E-state index in [2.05, 4.69) is 15.4 Å². The van der Waals surface area contributed by atoms with E-state index >= 15 is 0 Å². The summed E-state index contributed by atoms with van der Waals surface area (Å²) in [5, 5.41) is 25.9. The van der Waals surface area contributed by atoms with Gasteiger partial charge in [0.2, 0.25) is 11.8 Å². The molecule has 0 saturated carbocycles. The fourth-order valence-electron chi connectivity index (χ4n) is 6.85. The normalized spacial score (nSPS) is 24.2. The Hall–Kier alpha value is -3.82. The Morgan fingerprint density at radius 2 is 1.53 bits per heavy atom.